The number of nitrogens with two attached hydrogens (primary N) is 1. The zero-order valence-electron chi connectivity index (χ0n) is 20.4. The lowest BCUT2D eigenvalue weighted by molar-refractivity contribution is -0.145. The van der Waals surface area contributed by atoms with Gasteiger partial charge in [-0.05, 0) is 29.8 Å². The van der Waals surface area contributed by atoms with Crippen molar-refractivity contribution < 1.29 is 19.0 Å². The minimum Gasteiger partial charge on any atom is -0.497 e. The molecular formula is C24H28ClN5O6. The molecule has 3 aromatic rings. The largest absolute Gasteiger partial charge is 0.497 e. The highest BCUT2D eigenvalue weighted by atomic mass is 35.5. The van der Waals surface area contributed by atoms with Crippen molar-refractivity contribution in [3.63, 3.8) is 0 Å². The molecular weight excluding hydrogens is 490 g/mol. The number of nitrogens with zero attached hydrogens (tertiary/aromatic N) is 4. The SMILES string of the molecule is COC(=O)[C@@H](C)Cn1c(=O)n(N)c(=NCc2ccc(OC)cc2OC)n(Cc2ccc(Cl)cc2)c1=O. The highest BCUT2D eigenvalue weighted by Gasteiger charge is 2.20. The van der Waals surface area contributed by atoms with E-state index in [1.807, 2.05) is 0 Å². The average Bonchev–Trinajstić information content (AvgIpc) is 2.89. The molecule has 2 aromatic carbocycles. The van der Waals surface area contributed by atoms with E-state index in [-0.39, 0.29) is 25.3 Å². The topological polar surface area (TPSA) is 132 Å². The van der Waals surface area contributed by atoms with E-state index in [0.29, 0.717) is 22.1 Å². The molecule has 36 heavy (non-hydrogen) atoms. The first-order chi connectivity index (χ1) is 17.2. The fraction of sp³-hybridized carbons (Fsp3) is 0.333. The van der Waals surface area contributed by atoms with Gasteiger partial charge in [0, 0.05) is 23.2 Å². The Morgan fingerprint density at radius 1 is 1.03 bits per heavy atom. The van der Waals surface area contributed by atoms with Gasteiger partial charge in [0.05, 0.1) is 40.3 Å². The van der Waals surface area contributed by atoms with Gasteiger partial charge in [0.25, 0.3) is 0 Å². The van der Waals surface area contributed by atoms with Crippen LogP contribution in [0.15, 0.2) is 57.0 Å². The van der Waals surface area contributed by atoms with Crippen LogP contribution in [0.25, 0.3) is 0 Å². The molecule has 0 aliphatic rings. The number of carbonyl (C=O) groups is 1. The molecule has 192 valence electrons. The van der Waals surface area contributed by atoms with E-state index < -0.39 is 23.3 Å². The number of hydrogen-bond donors (Lipinski definition) is 1. The number of carbonyl (C=O) groups excluding carboxylic acids is 1. The number of nitrogen functional groups attached to an aromatic ring is 1. The fourth-order valence-corrected chi connectivity index (χ4v) is 3.70. The first kappa shape index (κ1) is 26.6. The normalized spacial score (nSPS) is 12.3. The summed E-state index contributed by atoms with van der Waals surface area (Å²) in [5.74, 6) is 5.95. The Morgan fingerprint density at radius 3 is 2.33 bits per heavy atom. The molecule has 0 aliphatic carbocycles. The number of ether oxygens (including phenoxy) is 3. The standard InChI is InChI=1S/C24H28ClN5O6/c1-15(21(31)36-4)13-29-23(32)28(14-16-5-8-18(25)9-6-16)22(30(26)24(29)33)27-12-17-7-10-19(34-2)11-20(17)35-3/h5-11,15H,12-14,26H2,1-4H3/t15-/m0/s1. The van der Waals surface area contributed by atoms with Gasteiger partial charge in [0.2, 0.25) is 5.62 Å². The predicted molar refractivity (Wildman–Crippen MR) is 134 cm³/mol. The minimum atomic E-state index is -0.816. The number of esters is 1. The summed E-state index contributed by atoms with van der Waals surface area (Å²) < 4.78 is 18.3. The molecule has 0 spiro atoms. The molecule has 0 radical (unpaired) electrons. The Hall–Kier alpha value is -3.99. The molecule has 0 unspecified atom stereocenters. The minimum absolute atomic E-state index is 0.0542. The van der Waals surface area contributed by atoms with E-state index in [9.17, 15) is 14.4 Å². The van der Waals surface area contributed by atoms with Crippen LogP contribution in [-0.4, -0.2) is 41.1 Å². The van der Waals surface area contributed by atoms with Crippen LogP contribution < -0.4 is 32.3 Å². The van der Waals surface area contributed by atoms with Crippen LogP contribution >= 0.6 is 11.6 Å². The molecule has 1 atom stereocenters. The zero-order valence-corrected chi connectivity index (χ0v) is 21.2. The quantitative estimate of drug-likeness (QED) is 0.332. The third-order valence-corrected chi connectivity index (χ3v) is 5.81. The van der Waals surface area contributed by atoms with Crippen molar-refractivity contribution in [3.8, 4) is 11.5 Å². The molecule has 0 saturated heterocycles. The van der Waals surface area contributed by atoms with E-state index in [1.54, 1.807) is 56.5 Å². The second kappa shape index (κ2) is 11.6. The first-order valence-electron chi connectivity index (χ1n) is 11.0. The number of hydrogen-bond acceptors (Lipinski definition) is 8. The molecule has 3 rings (SSSR count). The Morgan fingerprint density at radius 2 is 1.72 bits per heavy atom. The van der Waals surface area contributed by atoms with Crippen LogP contribution in [0.3, 0.4) is 0 Å². The Labute approximate surface area is 211 Å². The lowest BCUT2D eigenvalue weighted by Crippen LogP contribution is -2.58. The summed E-state index contributed by atoms with van der Waals surface area (Å²) in [5.41, 5.74) is -0.130. The van der Waals surface area contributed by atoms with Crippen molar-refractivity contribution in [2.45, 2.75) is 26.6 Å². The van der Waals surface area contributed by atoms with Gasteiger partial charge in [-0.25, -0.2) is 19.1 Å². The van der Waals surface area contributed by atoms with Crippen molar-refractivity contribution in [2.24, 2.45) is 10.9 Å². The third-order valence-electron chi connectivity index (χ3n) is 5.55. The van der Waals surface area contributed by atoms with Gasteiger partial charge in [-0.3, -0.25) is 9.36 Å². The maximum atomic E-state index is 13.5. The van der Waals surface area contributed by atoms with Crippen molar-refractivity contribution in [1.82, 2.24) is 13.8 Å². The molecule has 0 amide bonds. The number of rotatable bonds is 9. The molecule has 0 saturated carbocycles. The molecule has 11 nitrogen and oxygen atoms in total. The van der Waals surface area contributed by atoms with Crippen molar-refractivity contribution in [2.75, 3.05) is 27.2 Å². The fourth-order valence-electron chi connectivity index (χ4n) is 3.58. The van der Waals surface area contributed by atoms with E-state index in [1.165, 1.54) is 18.8 Å². The lowest BCUT2D eigenvalue weighted by atomic mass is 10.2. The highest BCUT2D eigenvalue weighted by Crippen LogP contribution is 2.24. The summed E-state index contributed by atoms with van der Waals surface area (Å²) in [6.45, 7) is 1.45. The predicted octanol–water partition coefficient (Wildman–Crippen LogP) is 1.15. The Bertz CT molecular complexity index is 1420. The van der Waals surface area contributed by atoms with E-state index in [2.05, 4.69) is 4.99 Å². The third kappa shape index (κ3) is 5.80. The van der Waals surface area contributed by atoms with Gasteiger partial charge < -0.3 is 20.1 Å². The average molecular weight is 518 g/mol. The Kier molecular flexibility index (Phi) is 8.59. The number of methoxy groups -OCH3 is 3. The number of aromatic nitrogens is 3. The molecule has 12 heteroatoms. The van der Waals surface area contributed by atoms with Crippen molar-refractivity contribution >= 4 is 17.6 Å². The van der Waals surface area contributed by atoms with Crippen molar-refractivity contribution in [1.29, 1.82) is 0 Å². The smallest absolute Gasteiger partial charge is 0.353 e. The van der Waals surface area contributed by atoms with E-state index in [0.717, 1.165) is 14.8 Å². The summed E-state index contributed by atoms with van der Waals surface area (Å²) in [6, 6.07) is 12.1. The van der Waals surface area contributed by atoms with Gasteiger partial charge >= 0.3 is 17.3 Å². The van der Waals surface area contributed by atoms with Crippen LogP contribution in [-0.2, 0) is 29.2 Å². The van der Waals surface area contributed by atoms with Crippen LogP contribution in [0.2, 0.25) is 5.02 Å². The highest BCUT2D eigenvalue weighted by molar-refractivity contribution is 6.30. The maximum absolute atomic E-state index is 13.5. The van der Waals surface area contributed by atoms with Gasteiger partial charge in [-0.2, -0.15) is 4.68 Å². The van der Waals surface area contributed by atoms with Gasteiger partial charge in [-0.15, -0.1) is 0 Å². The van der Waals surface area contributed by atoms with Crippen LogP contribution in [0.4, 0.5) is 0 Å². The molecule has 0 fully saturated rings. The van der Waals surface area contributed by atoms with Crippen LogP contribution in [0.5, 0.6) is 11.5 Å². The summed E-state index contributed by atoms with van der Waals surface area (Å²) in [6.07, 6.45) is 0. The molecule has 0 aliphatic heterocycles. The van der Waals surface area contributed by atoms with E-state index in [4.69, 9.17) is 31.7 Å². The second-order valence-corrected chi connectivity index (χ2v) is 8.41. The molecule has 1 aromatic heterocycles. The van der Waals surface area contributed by atoms with Gasteiger partial charge in [0.15, 0.2) is 0 Å². The number of benzene rings is 2. The lowest BCUT2D eigenvalue weighted by Gasteiger charge is -2.16. The first-order valence-corrected chi connectivity index (χ1v) is 11.3. The monoisotopic (exact) mass is 517 g/mol. The zero-order chi connectivity index (χ0) is 26.4. The van der Waals surface area contributed by atoms with E-state index >= 15 is 0 Å². The van der Waals surface area contributed by atoms with Crippen LogP contribution in [0.1, 0.15) is 18.1 Å². The Balaban J connectivity index is 2.17. The summed E-state index contributed by atoms with van der Waals surface area (Å²) in [5, 5.41) is 0.536. The summed E-state index contributed by atoms with van der Waals surface area (Å²) >= 11 is 6.00. The van der Waals surface area contributed by atoms with Crippen molar-refractivity contribution in [3.05, 3.63) is 85.2 Å². The van der Waals surface area contributed by atoms with Gasteiger partial charge in [-0.1, -0.05) is 30.7 Å². The molecule has 1 heterocycles. The molecule has 2 N–H and O–H groups in total. The number of halogens is 1. The molecule has 0 bridgehead atoms. The summed E-state index contributed by atoms with van der Waals surface area (Å²) in [7, 11) is 4.29. The maximum Gasteiger partial charge on any atom is 0.353 e. The van der Waals surface area contributed by atoms with Crippen LogP contribution in [0, 0.1) is 5.92 Å². The second-order valence-electron chi connectivity index (χ2n) is 7.98. The van der Waals surface area contributed by atoms with Gasteiger partial charge in [0.1, 0.15) is 11.5 Å². The summed E-state index contributed by atoms with van der Waals surface area (Å²) in [4.78, 5) is 42.9.